The van der Waals surface area contributed by atoms with Gasteiger partial charge in [-0.1, -0.05) is 12.1 Å². The minimum absolute atomic E-state index is 0.205. The maximum Gasteiger partial charge on any atom is 0.292 e. The molecule has 0 atom stereocenters. The van der Waals surface area contributed by atoms with Crippen LogP contribution in [0.4, 0.5) is 17.1 Å². The number of nitro groups is 1. The molecule has 1 aliphatic heterocycles. The third kappa shape index (κ3) is 3.50. The van der Waals surface area contributed by atoms with Crippen molar-refractivity contribution in [3.63, 3.8) is 0 Å². The number of benzene rings is 2. The highest BCUT2D eigenvalue weighted by Gasteiger charge is 2.22. The molecule has 0 aliphatic carbocycles. The fraction of sp³-hybridized carbons (Fsp3) is 0.368. The van der Waals surface area contributed by atoms with Gasteiger partial charge in [-0.15, -0.1) is 0 Å². The van der Waals surface area contributed by atoms with Crippen molar-refractivity contribution < 1.29 is 4.92 Å². The van der Waals surface area contributed by atoms with E-state index >= 15 is 0 Å². The molecule has 0 aromatic heterocycles. The molecule has 0 bridgehead atoms. The van der Waals surface area contributed by atoms with Gasteiger partial charge in [-0.05, 0) is 61.6 Å². The van der Waals surface area contributed by atoms with Crippen LogP contribution in [0, 0.1) is 24.0 Å². The lowest BCUT2D eigenvalue weighted by Crippen LogP contribution is -2.19. The van der Waals surface area contributed by atoms with Gasteiger partial charge in [-0.2, -0.15) is 0 Å². The summed E-state index contributed by atoms with van der Waals surface area (Å²) in [5.41, 5.74) is 5.39. The van der Waals surface area contributed by atoms with E-state index in [1.807, 2.05) is 18.2 Å². The van der Waals surface area contributed by atoms with Crippen LogP contribution in [0.5, 0.6) is 0 Å². The molecule has 2 aromatic rings. The van der Waals surface area contributed by atoms with Gasteiger partial charge in [0.15, 0.2) is 0 Å². The van der Waals surface area contributed by atoms with Crippen LogP contribution in [0.1, 0.15) is 29.5 Å². The van der Waals surface area contributed by atoms with Gasteiger partial charge in [0.2, 0.25) is 0 Å². The van der Waals surface area contributed by atoms with E-state index in [0.29, 0.717) is 6.54 Å². The van der Waals surface area contributed by atoms with Crippen LogP contribution >= 0.6 is 0 Å². The minimum Gasteiger partial charge on any atom is -0.381 e. The molecule has 2 aromatic carbocycles. The van der Waals surface area contributed by atoms with Crippen LogP contribution in [0.3, 0.4) is 0 Å². The lowest BCUT2D eigenvalue weighted by Gasteiger charge is -2.18. The molecule has 0 amide bonds. The first kappa shape index (κ1) is 16.3. The smallest absolute Gasteiger partial charge is 0.292 e. The van der Waals surface area contributed by atoms with Crippen molar-refractivity contribution in [2.45, 2.75) is 33.2 Å². The normalized spacial score (nSPS) is 14.0. The molecule has 1 aliphatic rings. The largest absolute Gasteiger partial charge is 0.381 e. The third-order valence-electron chi connectivity index (χ3n) is 4.69. The number of anilines is 2. The second-order valence-electron chi connectivity index (χ2n) is 6.43. The Hall–Kier alpha value is -2.56. The van der Waals surface area contributed by atoms with E-state index < -0.39 is 0 Å². The maximum absolute atomic E-state index is 11.4. The highest BCUT2D eigenvalue weighted by atomic mass is 16.6. The van der Waals surface area contributed by atoms with E-state index in [0.717, 1.165) is 42.9 Å². The van der Waals surface area contributed by atoms with Crippen LogP contribution in [-0.2, 0) is 6.54 Å². The average Bonchev–Trinajstić information content (AvgIpc) is 3.10. The minimum atomic E-state index is -0.271. The summed E-state index contributed by atoms with van der Waals surface area (Å²) in [5, 5.41) is 14.8. The van der Waals surface area contributed by atoms with Crippen LogP contribution in [0.25, 0.3) is 0 Å². The van der Waals surface area contributed by atoms with Crippen molar-refractivity contribution in [2.24, 2.45) is 0 Å². The highest BCUT2D eigenvalue weighted by Crippen LogP contribution is 2.31. The van der Waals surface area contributed by atoms with E-state index in [-0.39, 0.29) is 10.6 Å². The fourth-order valence-corrected chi connectivity index (χ4v) is 3.11. The van der Waals surface area contributed by atoms with E-state index in [2.05, 4.69) is 36.2 Å². The lowest BCUT2D eigenvalue weighted by atomic mass is 10.1. The van der Waals surface area contributed by atoms with Crippen LogP contribution in [0.2, 0.25) is 0 Å². The summed E-state index contributed by atoms with van der Waals surface area (Å²) in [7, 11) is 0. The molecule has 1 fully saturated rings. The number of hydrogen-bond donors (Lipinski definition) is 1. The second-order valence-corrected chi connectivity index (χ2v) is 6.43. The van der Waals surface area contributed by atoms with Crippen molar-refractivity contribution >= 4 is 17.1 Å². The number of aryl methyl sites for hydroxylation is 2. The number of rotatable bonds is 5. The first-order valence-electron chi connectivity index (χ1n) is 8.38. The fourth-order valence-electron chi connectivity index (χ4n) is 3.11. The molecule has 0 saturated carbocycles. The Kier molecular flexibility index (Phi) is 4.69. The molecule has 0 radical (unpaired) electrons. The van der Waals surface area contributed by atoms with E-state index in [9.17, 15) is 10.1 Å². The Balaban J connectivity index is 1.77. The van der Waals surface area contributed by atoms with Crippen molar-refractivity contribution in [3.8, 4) is 0 Å². The van der Waals surface area contributed by atoms with Gasteiger partial charge in [0.25, 0.3) is 5.69 Å². The molecule has 0 spiro atoms. The molecule has 3 rings (SSSR count). The number of nitro benzene ring substituents is 1. The third-order valence-corrected chi connectivity index (χ3v) is 4.69. The van der Waals surface area contributed by atoms with Crippen molar-refractivity contribution in [1.82, 2.24) is 0 Å². The van der Waals surface area contributed by atoms with Gasteiger partial charge in [0, 0.05) is 31.4 Å². The van der Waals surface area contributed by atoms with E-state index in [1.54, 1.807) is 6.07 Å². The standard InChI is InChI=1S/C19H23N3O2/c1-14-5-7-17(11-15(14)2)20-13-16-6-8-18(19(12-16)22(23)24)21-9-3-4-10-21/h5-8,11-12,20H,3-4,9-10,13H2,1-2H3. The van der Waals surface area contributed by atoms with E-state index in [4.69, 9.17) is 0 Å². The molecule has 5 nitrogen and oxygen atoms in total. The zero-order valence-electron chi connectivity index (χ0n) is 14.2. The van der Waals surface area contributed by atoms with Crippen molar-refractivity contribution in [2.75, 3.05) is 23.3 Å². The van der Waals surface area contributed by atoms with Gasteiger partial charge in [0.05, 0.1) is 4.92 Å². The van der Waals surface area contributed by atoms with Gasteiger partial charge in [-0.3, -0.25) is 10.1 Å². The van der Waals surface area contributed by atoms with Crippen molar-refractivity contribution in [3.05, 3.63) is 63.2 Å². The monoisotopic (exact) mass is 325 g/mol. The van der Waals surface area contributed by atoms with Gasteiger partial charge in [-0.25, -0.2) is 0 Å². The van der Waals surface area contributed by atoms with Crippen LogP contribution in [-0.4, -0.2) is 18.0 Å². The first-order valence-corrected chi connectivity index (χ1v) is 8.38. The highest BCUT2D eigenvalue weighted by molar-refractivity contribution is 5.65. The summed E-state index contributed by atoms with van der Waals surface area (Å²) in [6, 6.07) is 11.8. The molecular weight excluding hydrogens is 302 g/mol. The molecule has 126 valence electrons. The first-order chi connectivity index (χ1) is 11.5. The zero-order valence-corrected chi connectivity index (χ0v) is 14.2. The van der Waals surface area contributed by atoms with Gasteiger partial charge < -0.3 is 10.2 Å². The summed E-state index contributed by atoms with van der Waals surface area (Å²) in [5.74, 6) is 0. The number of nitrogens with zero attached hydrogens (tertiary/aromatic N) is 2. The lowest BCUT2D eigenvalue weighted by molar-refractivity contribution is -0.384. The molecule has 5 heteroatoms. The Morgan fingerprint density at radius 3 is 2.50 bits per heavy atom. The average molecular weight is 325 g/mol. The Labute approximate surface area is 142 Å². The quantitative estimate of drug-likeness (QED) is 0.653. The SMILES string of the molecule is Cc1ccc(NCc2ccc(N3CCCC3)c([N+](=O)[O-])c2)cc1C. The summed E-state index contributed by atoms with van der Waals surface area (Å²) in [6.07, 6.45) is 2.21. The summed E-state index contributed by atoms with van der Waals surface area (Å²) >= 11 is 0. The Morgan fingerprint density at radius 2 is 1.83 bits per heavy atom. The predicted molar refractivity (Wildman–Crippen MR) is 97.8 cm³/mol. The molecular formula is C19H23N3O2. The molecule has 1 saturated heterocycles. The molecule has 0 unspecified atom stereocenters. The summed E-state index contributed by atoms with van der Waals surface area (Å²) in [4.78, 5) is 13.3. The summed E-state index contributed by atoms with van der Waals surface area (Å²) in [6.45, 7) is 6.54. The summed E-state index contributed by atoms with van der Waals surface area (Å²) < 4.78 is 0. The second kappa shape index (κ2) is 6.91. The topological polar surface area (TPSA) is 58.4 Å². The Morgan fingerprint density at radius 1 is 1.08 bits per heavy atom. The van der Waals surface area contributed by atoms with E-state index in [1.165, 1.54) is 11.1 Å². The molecule has 24 heavy (non-hydrogen) atoms. The van der Waals surface area contributed by atoms with Crippen molar-refractivity contribution in [1.29, 1.82) is 0 Å². The number of hydrogen-bond acceptors (Lipinski definition) is 4. The van der Waals surface area contributed by atoms with Crippen LogP contribution < -0.4 is 10.2 Å². The maximum atomic E-state index is 11.4. The predicted octanol–water partition coefficient (Wildman–Crippen LogP) is 4.42. The van der Waals surface area contributed by atoms with Crippen LogP contribution in [0.15, 0.2) is 36.4 Å². The molecule has 1 heterocycles. The van der Waals surface area contributed by atoms with Gasteiger partial charge >= 0.3 is 0 Å². The van der Waals surface area contributed by atoms with Gasteiger partial charge in [0.1, 0.15) is 5.69 Å². The number of nitrogens with one attached hydrogen (secondary N) is 1. The Bertz CT molecular complexity index is 752. The molecule has 1 N–H and O–H groups in total. The zero-order chi connectivity index (χ0) is 17.1.